The maximum absolute atomic E-state index is 12.0. The Balaban J connectivity index is 5.15. The summed E-state index contributed by atoms with van der Waals surface area (Å²) in [5, 5.41) is 0. The third-order valence-corrected chi connectivity index (χ3v) is 6.82. The molecule has 16 heavy (non-hydrogen) atoms. The van der Waals surface area contributed by atoms with Crippen molar-refractivity contribution in [2.75, 3.05) is 14.2 Å². The van der Waals surface area contributed by atoms with E-state index in [1.165, 1.54) is 21.1 Å². The van der Waals surface area contributed by atoms with Gasteiger partial charge in [0.05, 0.1) is 0 Å². The van der Waals surface area contributed by atoms with Gasteiger partial charge < -0.3 is 8.85 Å². The minimum Gasteiger partial charge on any atom is -0.397 e. The number of rotatable bonds is 8. The largest absolute Gasteiger partial charge is 0.397 e. The van der Waals surface area contributed by atoms with Crippen molar-refractivity contribution in [3.05, 3.63) is 0 Å². The predicted octanol–water partition coefficient (Wildman–Crippen LogP) is 2.07. The van der Waals surface area contributed by atoms with Crippen molar-refractivity contribution < 1.29 is 18.4 Å². The van der Waals surface area contributed by atoms with Crippen molar-refractivity contribution in [3.8, 4) is 0 Å². The summed E-state index contributed by atoms with van der Waals surface area (Å²) in [5.41, 5.74) is -0.688. The van der Waals surface area contributed by atoms with Crippen molar-refractivity contribution in [1.82, 2.24) is 0 Å². The third-order valence-electron chi connectivity index (χ3n) is 2.85. The van der Waals surface area contributed by atoms with Crippen LogP contribution in [0.4, 0.5) is 0 Å². The molecule has 94 valence electrons. The van der Waals surface area contributed by atoms with Gasteiger partial charge in [-0.15, -0.1) is 0 Å². The van der Waals surface area contributed by atoms with E-state index in [1.54, 1.807) is 0 Å². The van der Waals surface area contributed by atoms with E-state index in [2.05, 4.69) is 0 Å². The second-order valence-corrected chi connectivity index (χ2v) is 7.56. The van der Waals surface area contributed by atoms with Gasteiger partial charge in [-0.25, -0.2) is 0 Å². The molecule has 5 heteroatoms. The number of hydrogen-bond acceptors (Lipinski definition) is 4. The Morgan fingerprint density at radius 2 is 1.69 bits per heavy atom. The summed E-state index contributed by atoms with van der Waals surface area (Å²) in [6, 6.07) is 0.597. The minimum absolute atomic E-state index is 0.0489. The first-order valence-electron chi connectivity index (χ1n) is 5.62. The molecule has 0 radical (unpaired) electrons. The fourth-order valence-corrected chi connectivity index (χ4v) is 4.86. The molecule has 0 amide bonds. The molecule has 0 aliphatic heterocycles. The van der Waals surface area contributed by atoms with Crippen LogP contribution in [0.15, 0.2) is 0 Å². The summed E-state index contributed by atoms with van der Waals surface area (Å²) >= 11 is 0. The lowest BCUT2D eigenvalue weighted by Crippen LogP contribution is -2.50. The second kappa shape index (κ2) is 6.93. The van der Waals surface area contributed by atoms with Gasteiger partial charge in [-0.1, -0.05) is 13.8 Å². The van der Waals surface area contributed by atoms with Crippen LogP contribution in [0.25, 0.3) is 0 Å². The van der Waals surface area contributed by atoms with E-state index in [-0.39, 0.29) is 11.6 Å². The maximum atomic E-state index is 12.0. The molecule has 0 N–H and O–H groups in total. The topological polar surface area (TPSA) is 52.6 Å². The number of hydrogen-bond donors (Lipinski definition) is 0. The summed E-state index contributed by atoms with van der Waals surface area (Å²) < 4.78 is 10.8. The van der Waals surface area contributed by atoms with Gasteiger partial charge in [0.2, 0.25) is 0 Å². The Bertz CT molecular complexity index is 240. The van der Waals surface area contributed by atoms with Gasteiger partial charge in [0.15, 0.2) is 0 Å². The van der Waals surface area contributed by atoms with Gasteiger partial charge in [-0.2, -0.15) is 0 Å². The van der Waals surface area contributed by atoms with Crippen LogP contribution >= 0.6 is 0 Å². The van der Waals surface area contributed by atoms with E-state index in [4.69, 9.17) is 8.85 Å². The Labute approximate surface area is 98.6 Å². The lowest BCUT2D eigenvalue weighted by Gasteiger charge is -2.31. The van der Waals surface area contributed by atoms with Crippen LogP contribution in [-0.2, 0) is 18.4 Å². The van der Waals surface area contributed by atoms with Crippen LogP contribution in [0.2, 0.25) is 11.6 Å². The molecular formula is C11H22O4Si. The van der Waals surface area contributed by atoms with E-state index in [0.29, 0.717) is 12.5 Å². The molecule has 0 heterocycles. The Morgan fingerprint density at radius 1 is 1.19 bits per heavy atom. The molecule has 0 aromatic carbocycles. The number of carbonyl (C=O) groups excluding carboxylic acids is 2. The molecule has 0 aromatic heterocycles. The summed E-state index contributed by atoms with van der Waals surface area (Å²) in [6.07, 6.45) is 1.15. The van der Waals surface area contributed by atoms with Gasteiger partial charge in [-0.05, 0) is 19.4 Å². The minimum atomic E-state index is -2.71. The Hall–Kier alpha value is -0.523. The van der Waals surface area contributed by atoms with Gasteiger partial charge in [0.25, 0.3) is 0 Å². The van der Waals surface area contributed by atoms with Crippen LogP contribution < -0.4 is 0 Å². The van der Waals surface area contributed by atoms with Gasteiger partial charge in [0.1, 0.15) is 17.1 Å². The van der Waals surface area contributed by atoms with Crippen LogP contribution in [0.1, 0.15) is 33.6 Å². The smallest absolute Gasteiger partial charge is 0.355 e. The van der Waals surface area contributed by atoms with E-state index in [0.717, 1.165) is 6.42 Å². The van der Waals surface area contributed by atoms with Crippen molar-refractivity contribution in [3.63, 3.8) is 0 Å². The first kappa shape index (κ1) is 15.5. The highest BCUT2D eigenvalue weighted by Crippen LogP contribution is 2.30. The van der Waals surface area contributed by atoms with Gasteiger partial charge in [0, 0.05) is 20.6 Å². The maximum Gasteiger partial charge on any atom is 0.355 e. The lowest BCUT2D eigenvalue weighted by molar-refractivity contribution is -0.126. The number of ketones is 2. The van der Waals surface area contributed by atoms with Crippen LogP contribution in [0.3, 0.4) is 0 Å². The molecule has 0 fully saturated rings. The molecule has 0 aromatic rings. The van der Waals surface area contributed by atoms with Crippen molar-refractivity contribution in [2.45, 2.75) is 45.2 Å². The first-order valence-corrected chi connectivity index (χ1v) is 7.72. The monoisotopic (exact) mass is 246 g/mol. The van der Waals surface area contributed by atoms with Gasteiger partial charge in [-0.3, -0.25) is 9.59 Å². The number of Topliss-reactive ketones (excluding diaryl/α,β-unsaturated/α-hetero) is 2. The normalized spacial score (nSPS) is 13.6. The quantitative estimate of drug-likeness (QED) is 0.486. The zero-order chi connectivity index (χ0) is 12.8. The SMILES string of the molecule is CCCC(=O)C(C(C)=O)[Si](CC)(OC)OC. The van der Waals surface area contributed by atoms with Crippen molar-refractivity contribution in [2.24, 2.45) is 0 Å². The van der Waals surface area contributed by atoms with Crippen LogP contribution in [0.5, 0.6) is 0 Å². The summed E-state index contributed by atoms with van der Waals surface area (Å²) in [4.78, 5) is 23.6. The predicted molar refractivity (Wildman–Crippen MR) is 64.6 cm³/mol. The zero-order valence-corrected chi connectivity index (χ0v) is 11.8. The second-order valence-electron chi connectivity index (χ2n) is 3.83. The third kappa shape index (κ3) is 3.23. The van der Waals surface area contributed by atoms with Gasteiger partial charge >= 0.3 is 8.56 Å². The van der Waals surface area contributed by atoms with E-state index in [9.17, 15) is 9.59 Å². The molecule has 1 atom stereocenters. The zero-order valence-electron chi connectivity index (χ0n) is 10.8. The van der Waals surface area contributed by atoms with E-state index in [1.807, 2.05) is 13.8 Å². The Morgan fingerprint density at radius 3 is 1.94 bits per heavy atom. The van der Waals surface area contributed by atoms with Crippen LogP contribution in [0, 0.1) is 0 Å². The lowest BCUT2D eigenvalue weighted by atomic mass is 10.1. The average Bonchev–Trinajstić information content (AvgIpc) is 2.25. The molecule has 4 nitrogen and oxygen atoms in total. The molecule has 0 spiro atoms. The molecule has 0 rings (SSSR count). The Kier molecular flexibility index (Phi) is 6.70. The fourth-order valence-electron chi connectivity index (χ4n) is 1.98. The van der Waals surface area contributed by atoms with Crippen molar-refractivity contribution in [1.29, 1.82) is 0 Å². The average molecular weight is 246 g/mol. The molecule has 0 aliphatic carbocycles. The molecule has 0 saturated carbocycles. The van der Waals surface area contributed by atoms with E-state index >= 15 is 0 Å². The highest BCUT2D eigenvalue weighted by molar-refractivity contribution is 6.76. The number of carbonyl (C=O) groups is 2. The highest BCUT2D eigenvalue weighted by atomic mass is 28.4. The molecule has 1 unspecified atom stereocenters. The van der Waals surface area contributed by atoms with Crippen LogP contribution in [-0.4, -0.2) is 34.3 Å². The summed E-state index contributed by atoms with van der Waals surface area (Å²) in [6.45, 7) is 5.26. The fraction of sp³-hybridized carbons (Fsp3) is 0.818. The molecular weight excluding hydrogens is 224 g/mol. The summed E-state index contributed by atoms with van der Waals surface area (Å²) in [5.74, 6) is -0.192. The van der Waals surface area contributed by atoms with E-state index < -0.39 is 14.1 Å². The molecule has 0 bridgehead atoms. The summed E-state index contributed by atoms with van der Waals surface area (Å²) in [7, 11) is 0.335. The van der Waals surface area contributed by atoms with Crippen molar-refractivity contribution >= 4 is 20.1 Å². The molecule has 0 aliphatic rings. The molecule has 0 saturated heterocycles. The highest BCUT2D eigenvalue weighted by Gasteiger charge is 2.49. The standard InChI is InChI=1S/C11H22O4Si/c1-6-8-10(13)11(9(3)12)16(7-2,14-4)15-5/h11H,6-8H2,1-5H3. The first-order chi connectivity index (χ1) is 7.48.